The van der Waals surface area contributed by atoms with E-state index in [-0.39, 0.29) is 25.7 Å². The number of hydrogen-bond acceptors (Lipinski definition) is 15. The first kappa shape index (κ1) is 93.0. The van der Waals surface area contributed by atoms with E-state index in [1.807, 2.05) is 0 Å². The summed E-state index contributed by atoms with van der Waals surface area (Å²) in [6, 6.07) is 0. The third-order valence-corrected chi connectivity index (χ3v) is 18.6. The molecule has 19 heteroatoms. The van der Waals surface area contributed by atoms with Crippen LogP contribution in [0.4, 0.5) is 0 Å². The van der Waals surface area contributed by atoms with Gasteiger partial charge in [0.2, 0.25) is 0 Å². The zero-order chi connectivity index (χ0) is 70.4. The molecule has 0 heterocycles. The molecular weight excluding hydrogens is 1260 g/mol. The van der Waals surface area contributed by atoms with Crippen LogP contribution in [0.1, 0.15) is 362 Å². The lowest BCUT2D eigenvalue weighted by Crippen LogP contribution is -2.30. The molecule has 0 aromatic heterocycles. The van der Waals surface area contributed by atoms with Crippen LogP contribution >= 0.6 is 15.6 Å². The summed E-state index contributed by atoms with van der Waals surface area (Å²) in [5.74, 6) is -2.18. The molecule has 96 heavy (non-hydrogen) atoms. The second-order valence-electron chi connectivity index (χ2n) is 26.3. The Bertz CT molecular complexity index is 2010. The van der Waals surface area contributed by atoms with Crippen LogP contribution in [-0.2, 0) is 65.4 Å². The van der Waals surface area contributed by atoms with E-state index < -0.39 is 97.5 Å². The first-order valence-electron chi connectivity index (χ1n) is 38.9. The molecule has 0 amide bonds. The molecule has 0 saturated carbocycles. The summed E-state index contributed by atoms with van der Waals surface area (Å²) in [5, 5.41) is 10.6. The monoisotopic (exact) mass is 1400 g/mol. The Balaban J connectivity index is 5.33. The van der Waals surface area contributed by atoms with E-state index in [1.54, 1.807) is 0 Å². The second kappa shape index (κ2) is 70.5. The van der Waals surface area contributed by atoms with Crippen LogP contribution in [0.5, 0.6) is 0 Å². The van der Waals surface area contributed by atoms with Crippen molar-refractivity contribution in [3.8, 4) is 0 Å². The van der Waals surface area contributed by atoms with E-state index in [1.165, 1.54) is 116 Å². The summed E-state index contributed by atoms with van der Waals surface area (Å²) in [4.78, 5) is 72.8. The van der Waals surface area contributed by atoms with E-state index >= 15 is 0 Å². The van der Waals surface area contributed by atoms with Gasteiger partial charge in [0.05, 0.1) is 26.4 Å². The molecular formula is C77H142O17P2. The number of aliphatic hydroxyl groups excluding tert-OH is 1. The average Bonchev–Trinajstić information content (AvgIpc) is 1.19. The van der Waals surface area contributed by atoms with E-state index in [0.717, 1.165) is 167 Å². The Labute approximate surface area is 585 Å². The van der Waals surface area contributed by atoms with Crippen molar-refractivity contribution in [1.82, 2.24) is 0 Å². The third-order valence-electron chi connectivity index (χ3n) is 16.7. The molecule has 0 saturated heterocycles. The molecule has 0 spiro atoms. The van der Waals surface area contributed by atoms with Crippen LogP contribution in [0.3, 0.4) is 0 Å². The number of phosphoric acid groups is 2. The Morgan fingerprint density at radius 1 is 0.281 bits per heavy atom. The first-order valence-corrected chi connectivity index (χ1v) is 41.9. The summed E-state index contributed by atoms with van der Waals surface area (Å²) in [7, 11) is -9.94. The molecule has 0 aliphatic rings. The van der Waals surface area contributed by atoms with E-state index in [2.05, 4.69) is 76.3 Å². The van der Waals surface area contributed by atoms with Gasteiger partial charge in [0.25, 0.3) is 0 Å². The summed E-state index contributed by atoms with van der Waals surface area (Å²) >= 11 is 0. The van der Waals surface area contributed by atoms with Crippen molar-refractivity contribution in [3.63, 3.8) is 0 Å². The zero-order valence-electron chi connectivity index (χ0n) is 61.3. The lowest BCUT2D eigenvalue weighted by atomic mass is 10.1. The Hall–Kier alpha value is -2.98. The number of unbranched alkanes of at least 4 members (excludes halogenated alkanes) is 40. The van der Waals surface area contributed by atoms with Crippen molar-refractivity contribution < 1.29 is 80.2 Å². The summed E-state index contributed by atoms with van der Waals surface area (Å²) in [5.41, 5.74) is 0. The molecule has 562 valence electrons. The van der Waals surface area contributed by atoms with Crippen LogP contribution in [0, 0.1) is 0 Å². The van der Waals surface area contributed by atoms with Gasteiger partial charge in [-0.25, -0.2) is 9.13 Å². The van der Waals surface area contributed by atoms with Gasteiger partial charge in [-0.05, 0) is 128 Å². The molecule has 0 aromatic carbocycles. The number of carbonyl (C=O) groups excluding carboxylic acids is 4. The van der Waals surface area contributed by atoms with Crippen LogP contribution in [-0.4, -0.2) is 96.7 Å². The van der Waals surface area contributed by atoms with Crippen molar-refractivity contribution in [1.29, 1.82) is 0 Å². The smallest absolute Gasteiger partial charge is 0.462 e. The van der Waals surface area contributed by atoms with Gasteiger partial charge < -0.3 is 33.8 Å². The minimum Gasteiger partial charge on any atom is -0.462 e. The molecule has 0 fully saturated rings. The highest BCUT2D eigenvalue weighted by Gasteiger charge is 2.30. The van der Waals surface area contributed by atoms with Gasteiger partial charge in [0.1, 0.15) is 19.3 Å². The van der Waals surface area contributed by atoms with Crippen LogP contribution < -0.4 is 0 Å². The largest absolute Gasteiger partial charge is 0.472 e. The fourth-order valence-corrected chi connectivity index (χ4v) is 12.3. The third kappa shape index (κ3) is 69.5. The molecule has 5 atom stereocenters. The standard InChI is InChI=1S/C77H142O17P2/c1-5-9-13-17-21-25-29-33-35-39-43-47-51-55-59-63-76(81)93-72(67-87-74(79)61-57-53-49-45-41-37-31-27-23-19-15-11-7-3)69-91-95(83,84)89-65-71(78)66-90-96(85,86)92-70-73(68-88-75(80)62-58-54-50-46-42-38-32-28-24-20-16-12-8-4)94-77(82)64-60-56-52-48-44-40-36-34-30-26-22-18-14-10-6-2/h25,27-29,31-32,34,36,71-73,78H,5-24,26,30,33,35,37-70H2,1-4H3,(H,83,84)(H,85,86)/b29-25-,31-27-,32-28-,36-34-/t71-,72+,73+/m0/s1. The maximum atomic E-state index is 13.1. The average molecular weight is 1400 g/mol. The molecule has 0 aliphatic carbocycles. The number of carbonyl (C=O) groups is 4. The number of hydrogen-bond donors (Lipinski definition) is 3. The van der Waals surface area contributed by atoms with Gasteiger partial charge in [-0.2, -0.15) is 0 Å². The number of rotatable bonds is 74. The quantitative estimate of drug-likeness (QED) is 0.0169. The first-order chi connectivity index (χ1) is 46.7. The minimum absolute atomic E-state index is 0.0884. The Kier molecular flexibility index (Phi) is 68.3. The van der Waals surface area contributed by atoms with Crippen LogP contribution in [0.2, 0.25) is 0 Å². The van der Waals surface area contributed by atoms with Crippen molar-refractivity contribution >= 4 is 39.5 Å². The number of allylic oxidation sites excluding steroid dienone is 8. The second-order valence-corrected chi connectivity index (χ2v) is 29.2. The lowest BCUT2D eigenvalue weighted by Gasteiger charge is -2.21. The minimum atomic E-state index is -4.97. The van der Waals surface area contributed by atoms with Gasteiger partial charge in [0.15, 0.2) is 12.2 Å². The van der Waals surface area contributed by atoms with E-state index in [4.69, 9.17) is 37.0 Å². The van der Waals surface area contributed by atoms with Gasteiger partial charge in [-0.15, -0.1) is 0 Å². The molecule has 0 radical (unpaired) electrons. The number of ether oxygens (including phenoxy) is 4. The number of esters is 4. The van der Waals surface area contributed by atoms with E-state index in [9.17, 15) is 43.2 Å². The predicted octanol–water partition coefficient (Wildman–Crippen LogP) is 22.1. The van der Waals surface area contributed by atoms with Crippen molar-refractivity contribution in [3.05, 3.63) is 48.6 Å². The molecule has 3 N–H and O–H groups in total. The molecule has 0 aromatic rings. The molecule has 0 aliphatic heterocycles. The molecule has 0 rings (SSSR count). The summed E-state index contributed by atoms with van der Waals surface area (Å²) in [6.45, 7) is 4.85. The number of aliphatic hydroxyl groups is 1. The van der Waals surface area contributed by atoms with Crippen LogP contribution in [0.15, 0.2) is 48.6 Å². The lowest BCUT2D eigenvalue weighted by molar-refractivity contribution is -0.161. The molecule has 0 bridgehead atoms. The normalized spacial score (nSPS) is 14.2. The van der Waals surface area contributed by atoms with Crippen molar-refractivity contribution in [2.45, 2.75) is 380 Å². The van der Waals surface area contributed by atoms with Gasteiger partial charge in [-0.1, -0.05) is 256 Å². The highest BCUT2D eigenvalue weighted by atomic mass is 31.2. The predicted molar refractivity (Wildman–Crippen MR) is 390 cm³/mol. The Morgan fingerprint density at radius 2 is 0.479 bits per heavy atom. The maximum Gasteiger partial charge on any atom is 0.472 e. The fraction of sp³-hybridized carbons (Fsp3) is 0.844. The fourth-order valence-electron chi connectivity index (χ4n) is 10.7. The topological polar surface area (TPSA) is 237 Å². The van der Waals surface area contributed by atoms with Gasteiger partial charge in [0, 0.05) is 25.7 Å². The SMILES string of the molecule is CCCCCC/C=C\CCCCCCCCCC(=O)O[C@H](COC(=O)CCCCCCC/C=C\CCCCCC)COP(=O)(O)OC[C@H](O)COP(=O)(O)OC[C@@H](COC(=O)CCCCCCC/C=C\CCCCCC)OC(=O)CCCCCCC/C=C\CCCCCCCC. The van der Waals surface area contributed by atoms with Gasteiger partial charge >= 0.3 is 39.5 Å². The Morgan fingerprint density at radius 3 is 0.729 bits per heavy atom. The zero-order valence-corrected chi connectivity index (χ0v) is 63.1. The molecule has 2 unspecified atom stereocenters. The highest BCUT2D eigenvalue weighted by Crippen LogP contribution is 2.45. The molecule has 17 nitrogen and oxygen atoms in total. The maximum absolute atomic E-state index is 13.1. The van der Waals surface area contributed by atoms with E-state index in [0.29, 0.717) is 25.7 Å². The van der Waals surface area contributed by atoms with Crippen molar-refractivity contribution in [2.75, 3.05) is 39.6 Å². The summed E-state index contributed by atoms with van der Waals surface area (Å²) in [6.07, 6.45) is 66.6. The number of phosphoric ester groups is 2. The van der Waals surface area contributed by atoms with Crippen LogP contribution in [0.25, 0.3) is 0 Å². The van der Waals surface area contributed by atoms with Gasteiger partial charge in [-0.3, -0.25) is 37.3 Å². The van der Waals surface area contributed by atoms with Crippen molar-refractivity contribution in [2.24, 2.45) is 0 Å². The highest BCUT2D eigenvalue weighted by molar-refractivity contribution is 7.47. The summed E-state index contributed by atoms with van der Waals surface area (Å²) < 4.78 is 68.5.